The molecule has 122 valence electrons. The number of thioether (sulfide) groups is 1. The van der Waals surface area contributed by atoms with Crippen LogP contribution in [0.4, 0.5) is 0 Å². The van der Waals surface area contributed by atoms with E-state index in [1.54, 1.807) is 36.4 Å². The number of benzene rings is 2. The molecule has 2 aromatic carbocycles. The maximum Gasteiger partial charge on any atom is 0.212 e. The van der Waals surface area contributed by atoms with Gasteiger partial charge in [0.2, 0.25) is 5.16 Å². The van der Waals surface area contributed by atoms with Crippen LogP contribution in [0.3, 0.4) is 0 Å². The van der Waals surface area contributed by atoms with Gasteiger partial charge in [-0.05, 0) is 42.0 Å². The third kappa shape index (κ3) is 2.41. The fourth-order valence-electron chi connectivity index (χ4n) is 2.51. The fraction of sp³-hybridized carbons (Fsp3) is 0.125. The number of nitrogens with one attached hydrogen (secondary N) is 1. The second kappa shape index (κ2) is 5.64. The second-order valence-electron chi connectivity index (χ2n) is 5.25. The van der Waals surface area contributed by atoms with Gasteiger partial charge in [0.25, 0.3) is 0 Å². The summed E-state index contributed by atoms with van der Waals surface area (Å²) < 4.78 is 6.98. The summed E-state index contributed by atoms with van der Waals surface area (Å²) in [5.41, 5.74) is 5.14. The molecular weight excluding hydrogens is 328 g/mol. The first-order valence-electron chi connectivity index (χ1n) is 7.20. The van der Waals surface area contributed by atoms with Crippen LogP contribution in [0.25, 0.3) is 11.4 Å². The number of phenolic OH excluding ortho intramolecular Hbond substituents is 2. The molecule has 24 heavy (non-hydrogen) atoms. The zero-order chi connectivity index (χ0) is 16.7. The van der Waals surface area contributed by atoms with Crippen molar-refractivity contribution < 1.29 is 14.9 Å². The molecule has 1 unspecified atom stereocenters. The van der Waals surface area contributed by atoms with Crippen molar-refractivity contribution in [2.45, 2.75) is 10.5 Å². The smallest absolute Gasteiger partial charge is 0.212 e. The molecule has 1 atom stereocenters. The van der Waals surface area contributed by atoms with Crippen LogP contribution in [-0.2, 0) is 0 Å². The maximum absolute atomic E-state index is 9.73. The van der Waals surface area contributed by atoms with Crippen LogP contribution in [0.1, 0.15) is 10.9 Å². The summed E-state index contributed by atoms with van der Waals surface area (Å²) in [7, 11) is 1.52. The molecular formula is C16H14N4O3S. The summed E-state index contributed by atoms with van der Waals surface area (Å²) in [6, 6.07) is 12.0. The number of hydrogen-bond acceptors (Lipinski definition) is 7. The maximum atomic E-state index is 9.73. The molecule has 3 aromatic rings. The Morgan fingerprint density at radius 3 is 2.67 bits per heavy atom. The minimum atomic E-state index is -0.0686. The average Bonchev–Trinajstić information content (AvgIpc) is 3.17. The highest BCUT2D eigenvalue weighted by molar-refractivity contribution is 7.99. The normalized spacial score (nSPS) is 15.8. The number of ether oxygens (including phenoxy) is 1. The third-order valence-corrected chi connectivity index (χ3v) is 4.82. The molecule has 3 N–H and O–H groups in total. The van der Waals surface area contributed by atoms with Gasteiger partial charge in [0.05, 0.1) is 7.11 Å². The molecule has 1 aromatic heterocycles. The van der Waals surface area contributed by atoms with Gasteiger partial charge in [-0.3, -0.25) is 0 Å². The van der Waals surface area contributed by atoms with Crippen LogP contribution >= 0.6 is 11.8 Å². The Kier molecular flexibility index (Phi) is 3.46. The fourth-order valence-corrected chi connectivity index (χ4v) is 3.49. The van der Waals surface area contributed by atoms with Crippen LogP contribution in [-0.4, -0.2) is 32.2 Å². The van der Waals surface area contributed by atoms with Crippen molar-refractivity contribution in [2.24, 2.45) is 0 Å². The molecule has 1 aliphatic heterocycles. The van der Waals surface area contributed by atoms with E-state index < -0.39 is 0 Å². The zero-order valence-corrected chi connectivity index (χ0v) is 13.5. The average molecular weight is 342 g/mol. The van der Waals surface area contributed by atoms with E-state index >= 15 is 0 Å². The van der Waals surface area contributed by atoms with Gasteiger partial charge in [0, 0.05) is 5.56 Å². The first-order chi connectivity index (χ1) is 11.7. The van der Waals surface area contributed by atoms with Crippen LogP contribution < -0.4 is 10.2 Å². The van der Waals surface area contributed by atoms with Gasteiger partial charge in [-0.15, -0.1) is 10.2 Å². The summed E-state index contributed by atoms with van der Waals surface area (Å²) in [5, 5.41) is 28.2. The van der Waals surface area contributed by atoms with Gasteiger partial charge < -0.3 is 20.4 Å². The Balaban J connectivity index is 1.64. The van der Waals surface area contributed by atoms with E-state index in [1.807, 2.05) is 10.7 Å². The molecule has 8 heteroatoms. The highest BCUT2D eigenvalue weighted by atomic mass is 32.2. The van der Waals surface area contributed by atoms with E-state index in [9.17, 15) is 10.2 Å². The topological polar surface area (TPSA) is 92.4 Å². The lowest BCUT2D eigenvalue weighted by molar-refractivity contribution is 0.373. The summed E-state index contributed by atoms with van der Waals surface area (Å²) in [6.45, 7) is 0. The minimum Gasteiger partial charge on any atom is -0.508 e. The van der Waals surface area contributed by atoms with Crippen molar-refractivity contribution in [3.05, 3.63) is 48.0 Å². The number of phenols is 2. The highest BCUT2D eigenvalue weighted by Crippen LogP contribution is 2.42. The Hall–Kier alpha value is -2.87. The van der Waals surface area contributed by atoms with Crippen LogP contribution in [0.2, 0.25) is 0 Å². The summed E-state index contributed by atoms with van der Waals surface area (Å²) in [4.78, 5) is 0. The van der Waals surface area contributed by atoms with E-state index in [1.165, 1.54) is 18.9 Å². The molecule has 0 saturated carbocycles. The number of aromatic hydroxyl groups is 2. The lowest BCUT2D eigenvalue weighted by atomic mass is 10.2. The number of fused-ring (bicyclic) bond motifs is 1. The largest absolute Gasteiger partial charge is 0.508 e. The second-order valence-corrected chi connectivity index (χ2v) is 6.32. The van der Waals surface area contributed by atoms with Gasteiger partial charge >= 0.3 is 0 Å². The third-order valence-electron chi connectivity index (χ3n) is 3.74. The standard InChI is InChI=1S/C16H14N4O3S/c1-23-13-8-10(4-7-12(13)22)15-19-20-14(17-18-16(20)24-15)9-2-5-11(21)6-3-9/h2-8,15,19,21-22H,1H3. The SMILES string of the molecule is COc1cc(C2Nn3c(nnc3-c3ccc(O)cc3)S2)ccc1O. The van der Waals surface area contributed by atoms with Gasteiger partial charge in [0.1, 0.15) is 11.1 Å². The molecule has 0 bridgehead atoms. The zero-order valence-electron chi connectivity index (χ0n) is 12.7. The van der Waals surface area contributed by atoms with E-state index in [0.717, 1.165) is 16.3 Å². The predicted octanol–water partition coefficient (Wildman–Crippen LogP) is 2.71. The lowest BCUT2D eigenvalue weighted by Gasteiger charge is -2.13. The van der Waals surface area contributed by atoms with Crippen molar-refractivity contribution >= 4 is 11.8 Å². The minimum absolute atomic E-state index is 0.0686. The molecule has 0 aliphatic carbocycles. The first-order valence-corrected chi connectivity index (χ1v) is 8.08. The summed E-state index contributed by atoms with van der Waals surface area (Å²) in [5.74, 6) is 1.41. The van der Waals surface area contributed by atoms with Crippen molar-refractivity contribution in [3.63, 3.8) is 0 Å². The van der Waals surface area contributed by atoms with Crippen molar-refractivity contribution in [1.29, 1.82) is 0 Å². The molecule has 0 amide bonds. The summed E-state index contributed by atoms with van der Waals surface area (Å²) in [6.07, 6.45) is 0. The molecule has 0 spiro atoms. The Morgan fingerprint density at radius 2 is 1.92 bits per heavy atom. The molecule has 2 heterocycles. The van der Waals surface area contributed by atoms with E-state index in [0.29, 0.717) is 11.6 Å². The summed E-state index contributed by atoms with van der Waals surface area (Å²) >= 11 is 1.52. The van der Waals surface area contributed by atoms with Crippen LogP contribution in [0, 0.1) is 0 Å². The number of methoxy groups -OCH3 is 1. The predicted molar refractivity (Wildman–Crippen MR) is 89.7 cm³/mol. The number of rotatable bonds is 3. The molecule has 0 radical (unpaired) electrons. The quantitative estimate of drug-likeness (QED) is 0.674. The molecule has 1 aliphatic rings. The molecule has 0 saturated heterocycles. The van der Waals surface area contributed by atoms with Gasteiger partial charge in [-0.25, -0.2) is 4.68 Å². The van der Waals surface area contributed by atoms with Gasteiger partial charge in [-0.2, -0.15) is 0 Å². The van der Waals surface area contributed by atoms with Crippen molar-refractivity contribution in [2.75, 3.05) is 12.5 Å². The van der Waals surface area contributed by atoms with E-state index in [2.05, 4.69) is 15.6 Å². The Labute approximate surface area is 141 Å². The highest BCUT2D eigenvalue weighted by Gasteiger charge is 2.28. The molecule has 0 fully saturated rings. The Bertz CT molecular complexity index is 895. The van der Waals surface area contributed by atoms with Gasteiger partial charge in [-0.1, -0.05) is 17.8 Å². The first kappa shape index (κ1) is 14.7. The lowest BCUT2D eigenvalue weighted by Crippen LogP contribution is -2.13. The number of aromatic nitrogens is 3. The Morgan fingerprint density at radius 1 is 1.12 bits per heavy atom. The molecule has 4 rings (SSSR count). The molecule has 7 nitrogen and oxygen atoms in total. The number of nitrogens with zero attached hydrogens (tertiary/aromatic N) is 3. The van der Waals surface area contributed by atoms with Crippen LogP contribution in [0.5, 0.6) is 17.2 Å². The van der Waals surface area contributed by atoms with Crippen molar-refractivity contribution in [1.82, 2.24) is 14.9 Å². The number of hydrogen-bond donors (Lipinski definition) is 3. The monoisotopic (exact) mass is 342 g/mol. The van der Waals surface area contributed by atoms with E-state index in [-0.39, 0.29) is 16.9 Å². The van der Waals surface area contributed by atoms with Gasteiger partial charge in [0.15, 0.2) is 17.3 Å². The van der Waals surface area contributed by atoms with Crippen LogP contribution in [0.15, 0.2) is 47.6 Å². The van der Waals surface area contributed by atoms with Crippen molar-refractivity contribution in [3.8, 4) is 28.6 Å². The van der Waals surface area contributed by atoms with E-state index in [4.69, 9.17) is 4.74 Å².